The molecule has 3 nitrogen and oxygen atoms in total. The molecule has 2 aliphatic heterocycles. The molecule has 2 fully saturated rings. The summed E-state index contributed by atoms with van der Waals surface area (Å²) in [5.74, 6) is 1.59. The molecule has 0 aromatic rings. The fraction of sp³-hybridized carbons (Fsp3) is 0.917. The highest BCUT2D eigenvalue weighted by Crippen LogP contribution is 2.36. The molecule has 0 amide bonds. The molecule has 2 saturated heterocycles. The van der Waals surface area contributed by atoms with Gasteiger partial charge in [0, 0.05) is 11.3 Å². The highest BCUT2D eigenvalue weighted by Gasteiger charge is 2.40. The van der Waals surface area contributed by atoms with Crippen LogP contribution in [0.15, 0.2) is 0 Å². The number of aliphatic carboxylic acids is 1. The Morgan fingerprint density at radius 3 is 2.56 bits per heavy atom. The van der Waals surface area contributed by atoms with Crippen LogP contribution in [0.3, 0.4) is 0 Å². The van der Waals surface area contributed by atoms with Crippen molar-refractivity contribution in [1.29, 1.82) is 0 Å². The predicted octanol–water partition coefficient (Wildman–Crippen LogP) is 2.21. The number of likely N-dealkylation sites (tertiary alicyclic amines) is 1. The third-order valence-corrected chi connectivity index (χ3v) is 5.13. The first-order valence-corrected chi connectivity index (χ1v) is 7.43. The normalized spacial score (nSPS) is 32.5. The first kappa shape index (κ1) is 12.2. The van der Waals surface area contributed by atoms with Crippen LogP contribution in [-0.4, -0.2) is 46.1 Å². The number of hydrogen-bond donors (Lipinski definition) is 1. The van der Waals surface area contributed by atoms with Crippen LogP contribution in [0.1, 0.15) is 38.5 Å². The van der Waals surface area contributed by atoms with Gasteiger partial charge in [-0.05, 0) is 44.5 Å². The van der Waals surface area contributed by atoms with Gasteiger partial charge in [-0.15, -0.1) is 0 Å². The van der Waals surface area contributed by atoms with Gasteiger partial charge in [0.25, 0.3) is 0 Å². The van der Waals surface area contributed by atoms with Crippen LogP contribution in [0.4, 0.5) is 0 Å². The monoisotopic (exact) mass is 243 g/mol. The summed E-state index contributed by atoms with van der Waals surface area (Å²) in [6, 6.07) is 0. The maximum Gasteiger partial charge on any atom is 0.305 e. The van der Waals surface area contributed by atoms with Crippen molar-refractivity contribution < 1.29 is 9.90 Å². The topological polar surface area (TPSA) is 40.5 Å². The van der Waals surface area contributed by atoms with E-state index < -0.39 is 5.97 Å². The van der Waals surface area contributed by atoms with Crippen LogP contribution in [0.25, 0.3) is 0 Å². The molecule has 2 aliphatic rings. The van der Waals surface area contributed by atoms with Gasteiger partial charge in [0.15, 0.2) is 0 Å². The molecule has 1 N–H and O–H groups in total. The van der Waals surface area contributed by atoms with Gasteiger partial charge in [-0.2, -0.15) is 11.8 Å². The summed E-state index contributed by atoms with van der Waals surface area (Å²) in [6.07, 6.45) is 6.38. The third-order valence-electron chi connectivity index (χ3n) is 3.81. The average molecular weight is 243 g/mol. The van der Waals surface area contributed by atoms with E-state index in [0.717, 1.165) is 25.3 Å². The Morgan fingerprint density at radius 1 is 1.25 bits per heavy atom. The minimum Gasteiger partial charge on any atom is -0.481 e. The number of thioether (sulfide) groups is 1. The molecule has 0 aromatic carbocycles. The van der Waals surface area contributed by atoms with Crippen molar-refractivity contribution in [1.82, 2.24) is 4.90 Å². The van der Waals surface area contributed by atoms with Gasteiger partial charge in [-0.25, -0.2) is 0 Å². The molecule has 0 aromatic heterocycles. The van der Waals surface area contributed by atoms with Crippen molar-refractivity contribution in [2.45, 2.75) is 44.1 Å². The van der Waals surface area contributed by atoms with Crippen molar-refractivity contribution in [2.75, 3.05) is 24.6 Å². The van der Waals surface area contributed by atoms with Crippen LogP contribution in [0, 0.1) is 0 Å². The molecule has 0 radical (unpaired) electrons. The predicted molar refractivity (Wildman–Crippen MR) is 67.0 cm³/mol. The SMILES string of the molecule is O=C(O)CC1(N2CCCCC2)CCCSC1. The van der Waals surface area contributed by atoms with Crippen molar-refractivity contribution in [3.05, 3.63) is 0 Å². The Hall–Kier alpha value is -0.220. The molecule has 2 rings (SSSR count). The van der Waals surface area contributed by atoms with Gasteiger partial charge < -0.3 is 5.11 Å². The van der Waals surface area contributed by atoms with Crippen LogP contribution >= 0.6 is 11.8 Å². The minimum atomic E-state index is -0.631. The lowest BCUT2D eigenvalue weighted by Crippen LogP contribution is -2.55. The molecule has 1 atom stereocenters. The van der Waals surface area contributed by atoms with E-state index in [-0.39, 0.29) is 5.54 Å². The zero-order valence-corrected chi connectivity index (χ0v) is 10.6. The second-order valence-corrected chi connectivity index (χ2v) is 6.10. The van der Waals surface area contributed by atoms with Gasteiger partial charge in [0.2, 0.25) is 0 Å². The van der Waals surface area contributed by atoms with Crippen molar-refractivity contribution >= 4 is 17.7 Å². The number of nitrogens with zero attached hydrogens (tertiary/aromatic N) is 1. The second-order valence-electron chi connectivity index (χ2n) is 5.00. The summed E-state index contributed by atoms with van der Waals surface area (Å²) in [5.41, 5.74) is -0.0326. The fourth-order valence-electron chi connectivity index (χ4n) is 2.99. The maximum absolute atomic E-state index is 11.1. The van der Waals surface area contributed by atoms with E-state index in [1.54, 1.807) is 0 Å². The van der Waals surface area contributed by atoms with E-state index in [0.29, 0.717) is 6.42 Å². The molecule has 0 saturated carbocycles. The smallest absolute Gasteiger partial charge is 0.305 e. The molecule has 16 heavy (non-hydrogen) atoms. The molecule has 4 heteroatoms. The Balaban J connectivity index is 2.07. The number of carboxylic acids is 1. The van der Waals surface area contributed by atoms with Crippen molar-refractivity contribution in [2.24, 2.45) is 0 Å². The summed E-state index contributed by atoms with van der Waals surface area (Å²) in [5, 5.41) is 9.13. The number of carboxylic acid groups (broad SMARTS) is 1. The summed E-state index contributed by atoms with van der Waals surface area (Å²) < 4.78 is 0. The van der Waals surface area contributed by atoms with Crippen LogP contribution < -0.4 is 0 Å². The van der Waals surface area contributed by atoms with E-state index in [2.05, 4.69) is 4.90 Å². The first-order chi connectivity index (χ1) is 7.73. The highest BCUT2D eigenvalue weighted by molar-refractivity contribution is 7.99. The molecular weight excluding hydrogens is 222 g/mol. The second kappa shape index (κ2) is 5.41. The van der Waals surface area contributed by atoms with Gasteiger partial charge in [0.05, 0.1) is 6.42 Å². The van der Waals surface area contributed by atoms with Crippen molar-refractivity contribution in [3.63, 3.8) is 0 Å². The number of rotatable bonds is 3. The molecule has 92 valence electrons. The van der Waals surface area contributed by atoms with Gasteiger partial charge in [-0.1, -0.05) is 6.42 Å². The fourth-order valence-corrected chi connectivity index (χ4v) is 4.29. The highest BCUT2D eigenvalue weighted by atomic mass is 32.2. The quantitative estimate of drug-likeness (QED) is 0.825. The van der Waals surface area contributed by atoms with Crippen LogP contribution in [-0.2, 0) is 4.79 Å². The molecule has 1 unspecified atom stereocenters. The Bertz CT molecular complexity index is 245. The maximum atomic E-state index is 11.1. The molecule has 0 bridgehead atoms. The van der Waals surface area contributed by atoms with E-state index in [1.165, 1.54) is 31.4 Å². The summed E-state index contributed by atoms with van der Waals surface area (Å²) >= 11 is 1.93. The third kappa shape index (κ3) is 2.72. The lowest BCUT2D eigenvalue weighted by Gasteiger charge is -2.47. The summed E-state index contributed by atoms with van der Waals surface area (Å²) in [4.78, 5) is 13.5. The Kier molecular flexibility index (Phi) is 4.14. The van der Waals surface area contributed by atoms with Crippen LogP contribution in [0.2, 0.25) is 0 Å². The largest absolute Gasteiger partial charge is 0.481 e. The molecule has 0 aliphatic carbocycles. The van der Waals surface area contributed by atoms with Gasteiger partial charge in [0.1, 0.15) is 0 Å². The Labute approximate surface area is 102 Å². The molecule has 0 spiro atoms. The molecular formula is C12H21NO2S. The number of carbonyl (C=O) groups is 1. The minimum absolute atomic E-state index is 0.0326. The lowest BCUT2D eigenvalue weighted by atomic mass is 9.87. The summed E-state index contributed by atoms with van der Waals surface area (Å²) in [7, 11) is 0. The van der Waals surface area contributed by atoms with E-state index in [9.17, 15) is 4.79 Å². The van der Waals surface area contributed by atoms with E-state index >= 15 is 0 Å². The summed E-state index contributed by atoms with van der Waals surface area (Å²) in [6.45, 7) is 2.21. The van der Waals surface area contributed by atoms with Crippen LogP contribution in [0.5, 0.6) is 0 Å². The zero-order chi connectivity index (χ0) is 11.4. The van der Waals surface area contributed by atoms with Crippen molar-refractivity contribution in [3.8, 4) is 0 Å². The van der Waals surface area contributed by atoms with E-state index in [1.807, 2.05) is 11.8 Å². The van der Waals surface area contributed by atoms with E-state index in [4.69, 9.17) is 5.11 Å². The molecule has 2 heterocycles. The van der Waals surface area contributed by atoms with Gasteiger partial charge >= 0.3 is 5.97 Å². The number of hydrogen-bond acceptors (Lipinski definition) is 3. The Morgan fingerprint density at radius 2 is 2.00 bits per heavy atom. The zero-order valence-electron chi connectivity index (χ0n) is 9.78. The average Bonchev–Trinajstić information content (AvgIpc) is 2.30. The van der Waals surface area contributed by atoms with Gasteiger partial charge in [-0.3, -0.25) is 9.69 Å². The number of piperidine rings is 1. The lowest BCUT2D eigenvalue weighted by molar-refractivity contribution is -0.140. The standard InChI is InChI=1S/C12H21NO2S/c14-11(15)9-12(5-4-8-16-10-12)13-6-2-1-3-7-13/h1-10H2,(H,14,15). The first-order valence-electron chi connectivity index (χ1n) is 6.28.